The Morgan fingerprint density at radius 1 is 1.04 bits per heavy atom. The van der Waals surface area contributed by atoms with E-state index in [9.17, 15) is 13.2 Å². The van der Waals surface area contributed by atoms with Crippen LogP contribution in [0.2, 0.25) is 5.02 Å². The van der Waals surface area contributed by atoms with E-state index < -0.39 is 15.6 Å². The zero-order valence-corrected chi connectivity index (χ0v) is 14.7. The first-order valence-corrected chi connectivity index (χ1v) is 9.57. The van der Waals surface area contributed by atoms with Gasteiger partial charge in [-0.25, -0.2) is 13.2 Å². The van der Waals surface area contributed by atoms with Crippen molar-refractivity contribution in [2.75, 3.05) is 6.54 Å². The highest BCUT2D eigenvalue weighted by molar-refractivity contribution is 7.89. The third-order valence-electron chi connectivity index (χ3n) is 4.38. The third kappa shape index (κ3) is 2.86. The molecule has 1 aromatic heterocycles. The molecule has 0 unspecified atom stereocenters. The standard InChI is InChI=1S/C18H14ClNO4S/c19-15-5-6-16-14(9-15)10-17(18(21)24-16)25(22,23)20-8-7-12-3-1-2-4-13(12)11-20/h1-6,9-10H,7-8,11H2. The molecule has 0 bridgehead atoms. The molecule has 0 atom stereocenters. The van der Waals surface area contributed by atoms with Crippen molar-refractivity contribution in [1.82, 2.24) is 4.31 Å². The molecule has 3 aromatic rings. The second-order valence-corrected chi connectivity index (χ2v) is 8.28. The van der Waals surface area contributed by atoms with Crippen LogP contribution in [-0.2, 0) is 23.0 Å². The van der Waals surface area contributed by atoms with Crippen LogP contribution in [-0.4, -0.2) is 19.3 Å². The fourth-order valence-electron chi connectivity index (χ4n) is 3.07. The topological polar surface area (TPSA) is 67.6 Å². The smallest absolute Gasteiger partial charge is 0.356 e. The van der Waals surface area contributed by atoms with Crippen LogP contribution in [0.3, 0.4) is 0 Å². The molecule has 5 nitrogen and oxygen atoms in total. The number of fused-ring (bicyclic) bond motifs is 2. The van der Waals surface area contributed by atoms with Crippen molar-refractivity contribution in [1.29, 1.82) is 0 Å². The molecule has 4 rings (SSSR count). The summed E-state index contributed by atoms with van der Waals surface area (Å²) in [5.74, 6) is 0. The van der Waals surface area contributed by atoms with E-state index in [-0.39, 0.29) is 11.4 Å². The average molecular weight is 376 g/mol. The highest BCUT2D eigenvalue weighted by Gasteiger charge is 2.31. The molecular weight excluding hydrogens is 362 g/mol. The maximum Gasteiger partial charge on any atom is 0.356 e. The minimum absolute atomic E-state index is 0.242. The number of sulfonamides is 1. The molecular formula is C18H14ClNO4S. The monoisotopic (exact) mass is 375 g/mol. The van der Waals surface area contributed by atoms with Crippen LogP contribution in [0.15, 0.2) is 62.6 Å². The van der Waals surface area contributed by atoms with Crippen LogP contribution < -0.4 is 5.63 Å². The molecule has 0 saturated carbocycles. The van der Waals surface area contributed by atoms with Gasteiger partial charge in [-0.2, -0.15) is 4.31 Å². The molecule has 0 saturated heterocycles. The second-order valence-electron chi connectivity index (χ2n) is 5.94. The van der Waals surface area contributed by atoms with Crippen molar-refractivity contribution < 1.29 is 12.8 Å². The Morgan fingerprint density at radius 3 is 2.60 bits per heavy atom. The lowest BCUT2D eigenvalue weighted by atomic mass is 10.0. The van der Waals surface area contributed by atoms with Crippen LogP contribution in [0.1, 0.15) is 11.1 Å². The van der Waals surface area contributed by atoms with Gasteiger partial charge >= 0.3 is 5.63 Å². The maximum absolute atomic E-state index is 13.0. The van der Waals surface area contributed by atoms with Crippen LogP contribution in [0.5, 0.6) is 0 Å². The molecule has 0 aliphatic carbocycles. The summed E-state index contributed by atoms with van der Waals surface area (Å²) < 4.78 is 32.5. The van der Waals surface area contributed by atoms with E-state index in [1.165, 1.54) is 10.4 Å². The van der Waals surface area contributed by atoms with Crippen molar-refractivity contribution in [3.05, 3.63) is 75.1 Å². The van der Waals surface area contributed by atoms with E-state index in [1.807, 2.05) is 24.3 Å². The molecule has 0 N–H and O–H groups in total. The molecule has 7 heteroatoms. The maximum atomic E-state index is 13.0. The minimum atomic E-state index is -3.96. The fourth-order valence-corrected chi connectivity index (χ4v) is 4.70. The average Bonchev–Trinajstić information content (AvgIpc) is 2.61. The van der Waals surface area contributed by atoms with Gasteiger partial charge in [-0.15, -0.1) is 0 Å². The van der Waals surface area contributed by atoms with Crippen molar-refractivity contribution in [2.24, 2.45) is 0 Å². The predicted molar refractivity (Wildman–Crippen MR) is 95.2 cm³/mol. The number of halogens is 1. The van der Waals surface area contributed by atoms with Crippen LogP contribution in [0.25, 0.3) is 11.0 Å². The molecule has 0 spiro atoms. The highest BCUT2D eigenvalue weighted by atomic mass is 35.5. The van der Waals surface area contributed by atoms with Gasteiger partial charge < -0.3 is 4.42 Å². The summed E-state index contributed by atoms with van der Waals surface area (Å²) in [6.07, 6.45) is 0.611. The summed E-state index contributed by atoms with van der Waals surface area (Å²) in [6, 6.07) is 13.7. The second kappa shape index (κ2) is 5.98. The van der Waals surface area contributed by atoms with Crippen molar-refractivity contribution in [3.63, 3.8) is 0 Å². The Hall–Kier alpha value is -2.15. The Morgan fingerprint density at radius 2 is 1.80 bits per heavy atom. The van der Waals surface area contributed by atoms with Crippen molar-refractivity contribution in [2.45, 2.75) is 17.9 Å². The number of hydrogen-bond donors (Lipinski definition) is 0. The summed E-state index contributed by atoms with van der Waals surface area (Å²) in [5, 5.41) is 0.916. The van der Waals surface area contributed by atoms with Gasteiger partial charge in [0, 0.05) is 23.5 Å². The van der Waals surface area contributed by atoms with Gasteiger partial charge in [0.05, 0.1) is 0 Å². The zero-order valence-electron chi connectivity index (χ0n) is 13.1. The third-order valence-corrected chi connectivity index (χ3v) is 6.44. The van der Waals surface area contributed by atoms with E-state index >= 15 is 0 Å². The van der Waals surface area contributed by atoms with E-state index in [2.05, 4.69) is 0 Å². The van der Waals surface area contributed by atoms with Gasteiger partial charge in [0.2, 0.25) is 0 Å². The molecule has 0 amide bonds. The number of nitrogens with zero attached hydrogens (tertiary/aromatic N) is 1. The van der Waals surface area contributed by atoms with Crippen LogP contribution in [0, 0.1) is 0 Å². The van der Waals surface area contributed by atoms with Gasteiger partial charge in [0.15, 0.2) is 4.90 Å². The van der Waals surface area contributed by atoms with Gasteiger partial charge in [0.25, 0.3) is 10.0 Å². The fraction of sp³-hybridized carbons (Fsp3) is 0.167. The van der Waals surface area contributed by atoms with Gasteiger partial charge in [0.1, 0.15) is 5.58 Å². The van der Waals surface area contributed by atoms with Crippen molar-refractivity contribution >= 4 is 32.6 Å². The summed E-state index contributed by atoms with van der Waals surface area (Å²) >= 11 is 5.95. The lowest BCUT2D eigenvalue weighted by Crippen LogP contribution is -2.37. The van der Waals surface area contributed by atoms with Crippen LogP contribution in [0.4, 0.5) is 0 Å². The quantitative estimate of drug-likeness (QED) is 0.645. The van der Waals surface area contributed by atoms with Crippen LogP contribution >= 0.6 is 11.6 Å². The summed E-state index contributed by atoms with van der Waals surface area (Å²) in [6.45, 7) is 0.567. The van der Waals surface area contributed by atoms with Gasteiger partial charge in [-0.05, 0) is 41.8 Å². The van der Waals surface area contributed by atoms with Gasteiger partial charge in [-0.1, -0.05) is 35.9 Å². The molecule has 1 aliphatic rings. The van der Waals surface area contributed by atoms with E-state index in [1.54, 1.807) is 18.2 Å². The molecule has 1 aliphatic heterocycles. The summed E-state index contributed by atoms with van der Waals surface area (Å²) in [5.41, 5.74) is 1.52. The Kier molecular flexibility index (Phi) is 3.91. The number of rotatable bonds is 2. The lowest BCUT2D eigenvalue weighted by molar-refractivity contribution is 0.388. The first-order valence-electron chi connectivity index (χ1n) is 7.75. The molecule has 2 heterocycles. The SMILES string of the molecule is O=c1oc2ccc(Cl)cc2cc1S(=O)(=O)N1CCc2ccccc2C1. The first-order chi connectivity index (χ1) is 11.9. The zero-order chi connectivity index (χ0) is 17.6. The normalized spacial score (nSPS) is 15.2. The Labute approximate surface area is 149 Å². The minimum Gasteiger partial charge on any atom is -0.422 e. The highest BCUT2D eigenvalue weighted by Crippen LogP contribution is 2.26. The Balaban J connectivity index is 1.79. The van der Waals surface area contributed by atoms with Crippen molar-refractivity contribution in [3.8, 4) is 0 Å². The largest absolute Gasteiger partial charge is 0.422 e. The predicted octanol–water partition coefficient (Wildman–Crippen LogP) is 3.19. The molecule has 128 valence electrons. The lowest BCUT2D eigenvalue weighted by Gasteiger charge is -2.27. The molecule has 25 heavy (non-hydrogen) atoms. The summed E-state index contributed by atoms with van der Waals surface area (Å²) in [4.78, 5) is 11.9. The molecule has 2 aromatic carbocycles. The Bertz CT molecular complexity index is 1140. The van der Waals surface area contributed by atoms with E-state index in [0.29, 0.717) is 29.0 Å². The number of benzene rings is 2. The first kappa shape index (κ1) is 16.3. The van der Waals surface area contributed by atoms with E-state index in [0.717, 1.165) is 11.1 Å². The summed E-state index contributed by atoms with van der Waals surface area (Å²) in [7, 11) is -3.96. The molecule has 0 radical (unpaired) electrons. The number of hydrogen-bond acceptors (Lipinski definition) is 4. The molecule has 0 fully saturated rings. The van der Waals surface area contributed by atoms with Gasteiger partial charge in [-0.3, -0.25) is 0 Å². The van der Waals surface area contributed by atoms with E-state index in [4.69, 9.17) is 16.0 Å².